The van der Waals surface area contributed by atoms with Gasteiger partial charge in [-0.3, -0.25) is 4.79 Å². The van der Waals surface area contributed by atoms with Crippen LogP contribution in [0, 0.1) is 5.82 Å². The van der Waals surface area contributed by atoms with Gasteiger partial charge in [-0.2, -0.15) is 0 Å². The Hall–Kier alpha value is -1.13. The molecule has 1 amide bonds. The van der Waals surface area contributed by atoms with Gasteiger partial charge in [0.05, 0.1) is 6.54 Å². The third kappa shape index (κ3) is 4.27. The molecule has 0 atom stereocenters. The molecular weight excluding hydrogens is 255 g/mol. The molecule has 0 unspecified atom stereocenters. The zero-order chi connectivity index (χ0) is 13.5. The Morgan fingerprint density at radius 1 is 1.39 bits per heavy atom. The van der Waals surface area contributed by atoms with Crippen LogP contribution in [0.25, 0.3) is 0 Å². The van der Waals surface area contributed by atoms with Gasteiger partial charge in [0.15, 0.2) is 0 Å². The highest BCUT2D eigenvalue weighted by Crippen LogP contribution is 2.16. The Morgan fingerprint density at radius 2 is 2.06 bits per heavy atom. The first-order valence-electron chi connectivity index (χ1n) is 6.00. The van der Waals surface area contributed by atoms with Crippen LogP contribution in [0.2, 0.25) is 5.02 Å². The SMILES string of the molecule is CCN(CC)C(=O)CNCc1cc(F)ccc1Cl. The minimum atomic E-state index is -0.328. The van der Waals surface area contributed by atoms with E-state index >= 15 is 0 Å². The van der Waals surface area contributed by atoms with E-state index in [0.717, 1.165) is 0 Å². The van der Waals surface area contributed by atoms with E-state index < -0.39 is 0 Å². The van der Waals surface area contributed by atoms with Crippen molar-refractivity contribution in [2.75, 3.05) is 19.6 Å². The Morgan fingerprint density at radius 3 is 2.67 bits per heavy atom. The largest absolute Gasteiger partial charge is 0.342 e. The molecule has 0 fully saturated rings. The number of rotatable bonds is 6. The molecule has 1 aromatic rings. The summed E-state index contributed by atoms with van der Waals surface area (Å²) in [5.74, 6) is -0.293. The second kappa shape index (κ2) is 7.34. The Kier molecular flexibility index (Phi) is 6.09. The fraction of sp³-hybridized carbons (Fsp3) is 0.462. The van der Waals surface area contributed by atoms with Crippen molar-refractivity contribution in [3.05, 3.63) is 34.6 Å². The van der Waals surface area contributed by atoms with E-state index in [1.165, 1.54) is 18.2 Å². The lowest BCUT2D eigenvalue weighted by atomic mass is 10.2. The molecule has 0 radical (unpaired) electrons. The highest BCUT2D eigenvalue weighted by Gasteiger charge is 2.09. The molecule has 0 bridgehead atoms. The number of amides is 1. The van der Waals surface area contributed by atoms with Gasteiger partial charge >= 0.3 is 0 Å². The molecule has 18 heavy (non-hydrogen) atoms. The third-order valence-corrected chi connectivity index (χ3v) is 3.08. The van der Waals surface area contributed by atoms with Gasteiger partial charge in [0, 0.05) is 24.7 Å². The summed E-state index contributed by atoms with van der Waals surface area (Å²) >= 11 is 5.93. The van der Waals surface area contributed by atoms with E-state index in [9.17, 15) is 9.18 Å². The minimum absolute atomic E-state index is 0.0347. The number of likely N-dealkylation sites (N-methyl/N-ethyl adjacent to an activating group) is 1. The smallest absolute Gasteiger partial charge is 0.236 e. The van der Waals surface area contributed by atoms with Crippen LogP contribution in [-0.2, 0) is 11.3 Å². The van der Waals surface area contributed by atoms with Gasteiger partial charge in [0.2, 0.25) is 5.91 Å². The molecular formula is C13H18ClFN2O. The van der Waals surface area contributed by atoms with Gasteiger partial charge in [0.1, 0.15) is 5.82 Å². The molecule has 100 valence electrons. The van der Waals surface area contributed by atoms with E-state index in [2.05, 4.69) is 5.32 Å². The molecule has 0 spiro atoms. The second-order valence-corrected chi connectivity index (χ2v) is 4.31. The van der Waals surface area contributed by atoms with E-state index in [4.69, 9.17) is 11.6 Å². The van der Waals surface area contributed by atoms with E-state index in [1.54, 1.807) is 4.90 Å². The molecule has 5 heteroatoms. The molecule has 3 nitrogen and oxygen atoms in total. The van der Waals surface area contributed by atoms with Crippen LogP contribution in [0.3, 0.4) is 0 Å². The normalized spacial score (nSPS) is 10.4. The van der Waals surface area contributed by atoms with Crippen LogP contribution >= 0.6 is 11.6 Å². The summed E-state index contributed by atoms with van der Waals surface area (Å²) in [6.45, 7) is 5.86. The van der Waals surface area contributed by atoms with Crippen molar-refractivity contribution in [2.24, 2.45) is 0 Å². The first kappa shape index (κ1) is 14.9. The third-order valence-electron chi connectivity index (χ3n) is 2.72. The number of hydrogen-bond acceptors (Lipinski definition) is 2. The number of carbonyl (C=O) groups is 1. The highest BCUT2D eigenvalue weighted by atomic mass is 35.5. The molecule has 0 heterocycles. The fourth-order valence-corrected chi connectivity index (χ4v) is 1.86. The van der Waals surface area contributed by atoms with Crippen LogP contribution in [-0.4, -0.2) is 30.4 Å². The van der Waals surface area contributed by atoms with Gasteiger partial charge in [-0.05, 0) is 37.6 Å². The molecule has 0 aromatic heterocycles. The summed E-state index contributed by atoms with van der Waals surface area (Å²) in [4.78, 5) is 13.4. The van der Waals surface area contributed by atoms with Crippen LogP contribution in [0.15, 0.2) is 18.2 Å². The van der Waals surface area contributed by atoms with Crippen molar-refractivity contribution in [2.45, 2.75) is 20.4 Å². The van der Waals surface area contributed by atoms with Crippen molar-refractivity contribution < 1.29 is 9.18 Å². The summed E-state index contributed by atoms with van der Waals surface area (Å²) in [7, 11) is 0. The summed E-state index contributed by atoms with van der Waals surface area (Å²) < 4.78 is 13.0. The summed E-state index contributed by atoms with van der Waals surface area (Å²) in [6.07, 6.45) is 0. The first-order chi connectivity index (χ1) is 8.58. The minimum Gasteiger partial charge on any atom is -0.342 e. The van der Waals surface area contributed by atoms with Crippen molar-refractivity contribution in [1.29, 1.82) is 0 Å². The number of halogens is 2. The maximum Gasteiger partial charge on any atom is 0.236 e. The maximum absolute atomic E-state index is 13.0. The molecule has 0 aliphatic carbocycles. The monoisotopic (exact) mass is 272 g/mol. The van der Waals surface area contributed by atoms with Gasteiger partial charge in [-0.1, -0.05) is 11.6 Å². The lowest BCUT2D eigenvalue weighted by molar-refractivity contribution is -0.129. The number of hydrogen-bond donors (Lipinski definition) is 1. The van der Waals surface area contributed by atoms with E-state index in [-0.39, 0.29) is 18.3 Å². The van der Waals surface area contributed by atoms with Crippen LogP contribution in [0.5, 0.6) is 0 Å². The maximum atomic E-state index is 13.0. The first-order valence-corrected chi connectivity index (χ1v) is 6.38. The number of carbonyl (C=O) groups excluding carboxylic acids is 1. The van der Waals surface area contributed by atoms with Crippen LogP contribution in [0.1, 0.15) is 19.4 Å². The van der Waals surface area contributed by atoms with Crippen molar-refractivity contribution in [3.63, 3.8) is 0 Å². The van der Waals surface area contributed by atoms with E-state index in [0.29, 0.717) is 30.2 Å². The summed E-state index contributed by atoms with van der Waals surface area (Å²) in [5.41, 5.74) is 0.656. The van der Waals surface area contributed by atoms with Crippen molar-refractivity contribution in [3.8, 4) is 0 Å². The lowest BCUT2D eigenvalue weighted by Crippen LogP contribution is -2.37. The standard InChI is InChI=1S/C13H18ClFN2O/c1-3-17(4-2)13(18)9-16-8-10-7-11(15)5-6-12(10)14/h5-7,16H,3-4,8-9H2,1-2H3. The molecule has 0 saturated carbocycles. The number of nitrogens with one attached hydrogen (secondary N) is 1. The van der Waals surface area contributed by atoms with Gasteiger partial charge in [-0.25, -0.2) is 4.39 Å². The summed E-state index contributed by atoms with van der Waals surface area (Å²) in [5, 5.41) is 3.48. The second-order valence-electron chi connectivity index (χ2n) is 3.91. The zero-order valence-electron chi connectivity index (χ0n) is 10.7. The highest BCUT2D eigenvalue weighted by molar-refractivity contribution is 6.31. The average Bonchev–Trinajstić information content (AvgIpc) is 2.35. The van der Waals surface area contributed by atoms with Crippen molar-refractivity contribution >= 4 is 17.5 Å². The molecule has 1 N–H and O–H groups in total. The lowest BCUT2D eigenvalue weighted by Gasteiger charge is -2.18. The predicted molar refractivity (Wildman–Crippen MR) is 71.0 cm³/mol. The quantitative estimate of drug-likeness (QED) is 0.863. The fourth-order valence-electron chi connectivity index (χ4n) is 1.67. The molecule has 0 aliphatic heterocycles. The Bertz CT molecular complexity index is 408. The Labute approximate surface area is 112 Å². The van der Waals surface area contributed by atoms with Crippen molar-refractivity contribution in [1.82, 2.24) is 10.2 Å². The van der Waals surface area contributed by atoms with Crippen LogP contribution in [0.4, 0.5) is 4.39 Å². The van der Waals surface area contributed by atoms with Gasteiger partial charge < -0.3 is 10.2 Å². The van der Waals surface area contributed by atoms with Crippen LogP contribution < -0.4 is 5.32 Å². The average molecular weight is 273 g/mol. The molecule has 0 aliphatic rings. The van der Waals surface area contributed by atoms with Gasteiger partial charge in [0.25, 0.3) is 0 Å². The predicted octanol–water partition coefficient (Wildman–Crippen LogP) is 2.44. The van der Waals surface area contributed by atoms with Gasteiger partial charge in [-0.15, -0.1) is 0 Å². The number of benzene rings is 1. The van der Waals surface area contributed by atoms with E-state index in [1.807, 2.05) is 13.8 Å². The molecule has 0 saturated heterocycles. The Balaban J connectivity index is 2.46. The topological polar surface area (TPSA) is 32.3 Å². The molecule has 1 rings (SSSR count). The molecule has 1 aromatic carbocycles. The zero-order valence-corrected chi connectivity index (χ0v) is 11.4. The number of nitrogens with zero attached hydrogens (tertiary/aromatic N) is 1. The summed E-state index contributed by atoms with van der Waals surface area (Å²) in [6, 6.07) is 4.20.